The van der Waals surface area contributed by atoms with Crippen LogP contribution in [0.15, 0.2) is 48.5 Å². The van der Waals surface area contributed by atoms with Crippen LogP contribution >= 0.6 is 0 Å². The molecule has 0 bridgehead atoms. The van der Waals surface area contributed by atoms with Crippen LogP contribution < -0.4 is 10.6 Å². The molecule has 1 aliphatic rings. The molecule has 1 aliphatic carbocycles. The van der Waals surface area contributed by atoms with Gasteiger partial charge in [0.05, 0.1) is 5.41 Å². The van der Waals surface area contributed by atoms with Gasteiger partial charge in [-0.1, -0.05) is 55.5 Å². The molecule has 0 saturated carbocycles. The maximum absolute atomic E-state index is 12.4. The third-order valence-electron chi connectivity index (χ3n) is 7.35. The van der Waals surface area contributed by atoms with Crippen molar-refractivity contribution >= 4 is 18.0 Å². The van der Waals surface area contributed by atoms with Crippen molar-refractivity contribution in [2.24, 2.45) is 11.3 Å². The summed E-state index contributed by atoms with van der Waals surface area (Å²) in [6.07, 6.45) is 0.318. The Morgan fingerprint density at radius 3 is 2.06 bits per heavy atom. The van der Waals surface area contributed by atoms with Crippen LogP contribution in [-0.2, 0) is 14.3 Å². The summed E-state index contributed by atoms with van der Waals surface area (Å²) in [5.41, 5.74) is 2.67. The second-order valence-corrected chi connectivity index (χ2v) is 10.5. The van der Waals surface area contributed by atoms with Crippen LogP contribution in [0.5, 0.6) is 0 Å². The van der Waals surface area contributed by atoms with Crippen molar-refractivity contribution in [1.82, 2.24) is 10.6 Å². The molecule has 1 unspecified atom stereocenters. The van der Waals surface area contributed by atoms with Crippen molar-refractivity contribution < 1.29 is 24.2 Å². The van der Waals surface area contributed by atoms with E-state index in [4.69, 9.17) is 4.74 Å². The average Bonchev–Trinajstić information content (AvgIpc) is 3.13. The van der Waals surface area contributed by atoms with E-state index in [1.54, 1.807) is 27.7 Å². The molecule has 188 valence electrons. The fraction of sp³-hybridized carbons (Fsp3) is 0.464. The summed E-state index contributed by atoms with van der Waals surface area (Å²) >= 11 is 0. The Morgan fingerprint density at radius 2 is 1.51 bits per heavy atom. The van der Waals surface area contributed by atoms with Crippen molar-refractivity contribution in [3.05, 3.63) is 59.7 Å². The number of fused-ring (bicyclic) bond motifs is 3. The average molecular weight is 481 g/mol. The topological polar surface area (TPSA) is 105 Å². The van der Waals surface area contributed by atoms with E-state index >= 15 is 0 Å². The SMILES string of the molecule is CC(CCC(=O)NC(C)(C)C(C)(C)C(=O)O)CNC(=O)OCC1c2ccccc2-c2ccccc21. The molecule has 0 aliphatic heterocycles. The molecule has 3 N–H and O–H groups in total. The molecule has 1 atom stereocenters. The normalized spacial score (nSPS) is 14.0. The van der Waals surface area contributed by atoms with Crippen LogP contribution in [0.25, 0.3) is 11.1 Å². The van der Waals surface area contributed by atoms with Crippen LogP contribution in [0.4, 0.5) is 4.79 Å². The Kier molecular flexibility index (Phi) is 7.88. The van der Waals surface area contributed by atoms with Gasteiger partial charge in [-0.25, -0.2) is 4.79 Å². The standard InChI is InChI=1S/C28H36N2O5/c1-18(14-15-24(31)30-28(4,5)27(2,3)25(32)33)16-29-26(34)35-17-23-21-12-8-6-10-19(21)20-11-7-9-13-22(20)23/h6-13,18,23H,14-17H2,1-5H3,(H,29,34)(H,30,31)(H,32,33). The van der Waals surface area contributed by atoms with Gasteiger partial charge in [0, 0.05) is 24.4 Å². The molecule has 0 spiro atoms. The fourth-order valence-electron chi connectivity index (χ4n) is 4.22. The first kappa shape index (κ1) is 26.3. The van der Waals surface area contributed by atoms with Gasteiger partial charge in [0.15, 0.2) is 0 Å². The summed E-state index contributed by atoms with van der Waals surface area (Å²) in [5.74, 6) is -1.12. The highest BCUT2D eigenvalue weighted by molar-refractivity contribution is 5.81. The van der Waals surface area contributed by atoms with Gasteiger partial charge in [-0.2, -0.15) is 0 Å². The maximum Gasteiger partial charge on any atom is 0.407 e. The lowest BCUT2D eigenvalue weighted by Crippen LogP contribution is -2.57. The Labute approximate surface area is 207 Å². The number of alkyl carbamates (subject to hydrolysis) is 1. The molecule has 0 saturated heterocycles. The van der Waals surface area contributed by atoms with E-state index in [1.165, 1.54) is 11.1 Å². The minimum Gasteiger partial charge on any atom is -0.481 e. The molecule has 2 aromatic rings. The third-order valence-corrected chi connectivity index (χ3v) is 7.35. The summed E-state index contributed by atoms with van der Waals surface area (Å²) < 4.78 is 5.56. The van der Waals surface area contributed by atoms with Gasteiger partial charge in [-0.05, 0) is 62.3 Å². The molecule has 35 heavy (non-hydrogen) atoms. The van der Waals surface area contributed by atoms with Gasteiger partial charge >= 0.3 is 12.1 Å². The van der Waals surface area contributed by atoms with Gasteiger partial charge in [-0.3, -0.25) is 9.59 Å². The molecule has 0 heterocycles. The Morgan fingerprint density at radius 1 is 0.971 bits per heavy atom. The van der Waals surface area contributed by atoms with Crippen LogP contribution in [0, 0.1) is 11.3 Å². The van der Waals surface area contributed by atoms with E-state index in [2.05, 4.69) is 34.9 Å². The Bertz CT molecular complexity index is 1050. The zero-order valence-electron chi connectivity index (χ0n) is 21.2. The molecular weight excluding hydrogens is 444 g/mol. The highest BCUT2D eigenvalue weighted by atomic mass is 16.5. The number of hydrogen-bond acceptors (Lipinski definition) is 4. The zero-order valence-corrected chi connectivity index (χ0v) is 21.2. The van der Waals surface area contributed by atoms with Crippen LogP contribution in [0.3, 0.4) is 0 Å². The number of carboxylic acids is 1. The summed E-state index contributed by atoms with van der Waals surface area (Å²) in [7, 11) is 0. The van der Waals surface area contributed by atoms with E-state index in [0.717, 1.165) is 11.1 Å². The fourth-order valence-corrected chi connectivity index (χ4v) is 4.22. The van der Waals surface area contributed by atoms with E-state index in [0.29, 0.717) is 13.0 Å². The second-order valence-electron chi connectivity index (χ2n) is 10.5. The minimum atomic E-state index is -1.11. The number of hydrogen-bond donors (Lipinski definition) is 3. The summed E-state index contributed by atoms with van der Waals surface area (Å²) in [5, 5.41) is 15.1. The summed E-state index contributed by atoms with van der Waals surface area (Å²) in [6, 6.07) is 16.4. The lowest BCUT2D eigenvalue weighted by Gasteiger charge is -2.38. The number of carbonyl (C=O) groups excluding carboxylic acids is 2. The minimum absolute atomic E-state index is 0.00711. The second kappa shape index (κ2) is 10.5. The molecule has 0 fully saturated rings. The molecule has 2 amide bonds. The predicted octanol–water partition coefficient (Wildman–Crippen LogP) is 4.95. The highest BCUT2D eigenvalue weighted by Gasteiger charge is 2.44. The summed E-state index contributed by atoms with van der Waals surface area (Å²) in [4.78, 5) is 36.3. The highest BCUT2D eigenvalue weighted by Crippen LogP contribution is 2.44. The van der Waals surface area contributed by atoms with Gasteiger partial charge in [0.25, 0.3) is 0 Å². The largest absolute Gasteiger partial charge is 0.481 e. The number of carboxylic acid groups (broad SMARTS) is 1. The van der Waals surface area contributed by atoms with Gasteiger partial charge < -0.3 is 20.5 Å². The third kappa shape index (κ3) is 5.84. The molecule has 3 rings (SSSR count). The van der Waals surface area contributed by atoms with Gasteiger partial charge in [0.1, 0.15) is 6.61 Å². The number of nitrogens with one attached hydrogen (secondary N) is 2. The van der Waals surface area contributed by atoms with Crippen LogP contribution in [-0.4, -0.2) is 41.8 Å². The molecule has 7 heteroatoms. The monoisotopic (exact) mass is 480 g/mol. The Balaban J connectivity index is 1.44. The summed E-state index contributed by atoms with van der Waals surface area (Å²) in [6.45, 7) is 9.19. The predicted molar refractivity (Wildman–Crippen MR) is 135 cm³/mol. The van der Waals surface area contributed by atoms with Crippen molar-refractivity contribution in [3.8, 4) is 11.1 Å². The van der Waals surface area contributed by atoms with E-state index in [-0.39, 0.29) is 30.8 Å². The maximum atomic E-state index is 12.4. The molecular formula is C28H36N2O5. The van der Waals surface area contributed by atoms with Crippen molar-refractivity contribution in [2.45, 2.75) is 58.9 Å². The number of aliphatic carboxylic acids is 1. The first-order valence-corrected chi connectivity index (χ1v) is 12.1. The lowest BCUT2D eigenvalue weighted by molar-refractivity contribution is -0.151. The number of carbonyl (C=O) groups is 3. The van der Waals surface area contributed by atoms with E-state index in [1.807, 2.05) is 31.2 Å². The first-order chi connectivity index (χ1) is 16.4. The van der Waals surface area contributed by atoms with E-state index < -0.39 is 23.0 Å². The number of ether oxygens (including phenoxy) is 1. The van der Waals surface area contributed by atoms with Gasteiger partial charge in [-0.15, -0.1) is 0 Å². The number of benzene rings is 2. The zero-order chi connectivity index (χ0) is 25.8. The van der Waals surface area contributed by atoms with Crippen LogP contribution in [0.2, 0.25) is 0 Å². The molecule has 2 aromatic carbocycles. The van der Waals surface area contributed by atoms with Crippen molar-refractivity contribution in [1.29, 1.82) is 0 Å². The number of rotatable bonds is 10. The lowest BCUT2D eigenvalue weighted by atomic mass is 9.74. The number of amides is 2. The van der Waals surface area contributed by atoms with E-state index in [9.17, 15) is 19.5 Å². The Hall–Kier alpha value is -3.35. The first-order valence-electron chi connectivity index (χ1n) is 12.1. The smallest absolute Gasteiger partial charge is 0.407 e. The molecule has 0 aromatic heterocycles. The van der Waals surface area contributed by atoms with Crippen molar-refractivity contribution in [2.75, 3.05) is 13.2 Å². The quantitative estimate of drug-likeness (QED) is 0.446. The molecule has 7 nitrogen and oxygen atoms in total. The van der Waals surface area contributed by atoms with Crippen molar-refractivity contribution in [3.63, 3.8) is 0 Å². The van der Waals surface area contributed by atoms with Crippen LogP contribution in [0.1, 0.15) is 64.5 Å². The van der Waals surface area contributed by atoms with Gasteiger partial charge in [0.2, 0.25) is 5.91 Å². The molecule has 0 radical (unpaired) electrons.